The van der Waals surface area contributed by atoms with E-state index in [1.54, 1.807) is 11.8 Å². The van der Waals surface area contributed by atoms with Crippen LogP contribution in [0.15, 0.2) is 34.2 Å². The molecule has 0 aliphatic heterocycles. The Hall–Kier alpha value is -0.470. The van der Waals surface area contributed by atoms with Crippen molar-refractivity contribution in [3.63, 3.8) is 0 Å². The van der Waals surface area contributed by atoms with Crippen molar-refractivity contribution in [2.75, 3.05) is 40.1 Å². The van der Waals surface area contributed by atoms with Crippen LogP contribution in [0.2, 0.25) is 0 Å². The fraction of sp³-hybridized carbons (Fsp3) is 0.588. The molecule has 1 N–H and O–H groups in total. The van der Waals surface area contributed by atoms with E-state index in [1.165, 1.54) is 10.5 Å². The number of nitrogens with one attached hydrogen (secondary N) is 1. The molecule has 0 radical (unpaired) electrons. The fourth-order valence-electron chi connectivity index (χ4n) is 2.02. The van der Waals surface area contributed by atoms with Crippen molar-refractivity contribution in [3.05, 3.63) is 29.8 Å². The maximum atomic E-state index is 5.58. The third-order valence-corrected chi connectivity index (χ3v) is 3.88. The van der Waals surface area contributed by atoms with Gasteiger partial charge in [-0.2, -0.15) is 0 Å². The Bertz CT molecular complexity index is 452. The summed E-state index contributed by atoms with van der Waals surface area (Å²) in [6.45, 7) is 7.42. The Morgan fingerprint density at radius 2 is 1.96 bits per heavy atom. The molecule has 0 saturated heterocycles. The minimum atomic E-state index is 0. The largest absolute Gasteiger partial charge is 0.379 e. The van der Waals surface area contributed by atoms with Gasteiger partial charge in [0.1, 0.15) is 0 Å². The Morgan fingerprint density at radius 3 is 2.48 bits per heavy atom. The average molecular weight is 451 g/mol. The second kappa shape index (κ2) is 12.9. The number of rotatable bonds is 8. The predicted molar refractivity (Wildman–Crippen MR) is 112 cm³/mol. The molecule has 1 aromatic carbocycles. The molecule has 0 fully saturated rings. The van der Waals surface area contributed by atoms with Gasteiger partial charge in [0, 0.05) is 38.7 Å². The van der Waals surface area contributed by atoms with E-state index in [1.807, 2.05) is 14.1 Å². The summed E-state index contributed by atoms with van der Waals surface area (Å²) in [5.74, 6) is 1.47. The van der Waals surface area contributed by atoms with E-state index in [0.29, 0.717) is 12.5 Å². The summed E-state index contributed by atoms with van der Waals surface area (Å²) in [5, 5.41) is 3.33. The van der Waals surface area contributed by atoms with Crippen molar-refractivity contribution in [1.29, 1.82) is 0 Å². The van der Waals surface area contributed by atoms with Crippen molar-refractivity contribution in [3.8, 4) is 0 Å². The number of nitrogens with zero attached hydrogens (tertiary/aromatic N) is 2. The first-order valence-electron chi connectivity index (χ1n) is 7.69. The van der Waals surface area contributed by atoms with Gasteiger partial charge >= 0.3 is 0 Å². The molecule has 0 atom stereocenters. The Labute approximate surface area is 162 Å². The molecule has 4 nitrogen and oxygen atoms in total. The highest BCUT2D eigenvalue weighted by molar-refractivity contribution is 14.0. The van der Waals surface area contributed by atoms with Crippen LogP contribution < -0.4 is 5.32 Å². The lowest BCUT2D eigenvalue weighted by atomic mass is 10.2. The van der Waals surface area contributed by atoms with E-state index in [9.17, 15) is 0 Å². The quantitative estimate of drug-likeness (QED) is 0.215. The van der Waals surface area contributed by atoms with Crippen LogP contribution in [-0.4, -0.2) is 51.0 Å². The molecule has 0 aromatic heterocycles. The van der Waals surface area contributed by atoms with Gasteiger partial charge in [-0.15, -0.1) is 35.7 Å². The van der Waals surface area contributed by atoms with Gasteiger partial charge in [-0.1, -0.05) is 26.0 Å². The average Bonchev–Trinajstić information content (AvgIpc) is 2.51. The molecule has 0 bridgehead atoms. The van der Waals surface area contributed by atoms with Crippen LogP contribution in [0.3, 0.4) is 0 Å². The van der Waals surface area contributed by atoms with E-state index in [-0.39, 0.29) is 24.0 Å². The first-order chi connectivity index (χ1) is 10.6. The molecule has 132 valence electrons. The van der Waals surface area contributed by atoms with Crippen LogP contribution in [0.5, 0.6) is 0 Å². The molecule has 0 unspecified atom stereocenters. The summed E-state index contributed by atoms with van der Waals surface area (Å²) in [6, 6.07) is 8.65. The van der Waals surface area contributed by atoms with E-state index in [0.717, 1.165) is 25.7 Å². The summed E-state index contributed by atoms with van der Waals surface area (Å²) >= 11 is 1.76. The van der Waals surface area contributed by atoms with Crippen LogP contribution in [0.1, 0.15) is 19.4 Å². The van der Waals surface area contributed by atoms with Crippen LogP contribution >= 0.6 is 35.7 Å². The molecule has 23 heavy (non-hydrogen) atoms. The van der Waals surface area contributed by atoms with Crippen molar-refractivity contribution < 1.29 is 4.74 Å². The molecule has 0 spiro atoms. The van der Waals surface area contributed by atoms with Crippen molar-refractivity contribution in [1.82, 2.24) is 10.2 Å². The monoisotopic (exact) mass is 451 g/mol. The topological polar surface area (TPSA) is 36.9 Å². The maximum Gasteiger partial charge on any atom is 0.193 e. The molecule has 0 aliphatic rings. The lowest BCUT2D eigenvalue weighted by molar-refractivity contribution is 0.114. The van der Waals surface area contributed by atoms with Gasteiger partial charge in [0.2, 0.25) is 0 Å². The maximum absolute atomic E-state index is 5.58. The summed E-state index contributed by atoms with van der Waals surface area (Å²) in [6.07, 6.45) is 2.09. The van der Waals surface area contributed by atoms with Crippen LogP contribution in [0.4, 0.5) is 0 Å². The first-order valence-corrected chi connectivity index (χ1v) is 8.91. The summed E-state index contributed by atoms with van der Waals surface area (Å²) in [7, 11) is 3.86. The summed E-state index contributed by atoms with van der Waals surface area (Å²) in [5.41, 5.74) is 1.28. The molecule has 0 saturated carbocycles. The lowest BCUT2D eigenvalue weighted by Gasteiger charge is -2.22. The summed E-state index contributed by atoms with van der Waals surface area (Å²) in [4.78, 5) is 7.73. The van der Waals surface area contributed by atoms with E-state index >= 15 is 0 Å². The number of benzene rings is 1. The molecule has 1 rings (SSSR count). The Balaban J connectivity index is 0.00000484. The highest BCUT2D eigenvalue weighted by Gasteiger charge is 2.06. The van der Waals surface area contributed by atoms with Gasteiger partial charge < -0.3 is 15.0 Å². The van der Waals surface area contributed by atoms with Crippen molar-refractivity contribution in [2.24, 2.45) is 10.9 Å². The minimum Gasteiger partial charge on any atom is -0.379 e. The van der Waals surface area contributed by atoms with Gasteiger partial charge in [0.15, 0.2) is 5.96 Å². The van der Waals surface area contributed by atoms with E-state index in [2.05, 4.69) is 59.6 Å². The van der Waals surface area contributed by atoms with Crippen molar-refractivity contribution >= 4 is 41.7 Å². The number of halogens is 1. The number of hydrogen-bond donors (Lipinski definition) is 1. The zero-order valence-corrected chi connectivity index (χ0v) is 18.0. The van der Waals surface area contributed by atoms with Crippen LogP contribution in [0.25, 0.3) is 0 Å². The van der Waals surface area contributed by atoms with E-state index < -0.39 is 0 Å². The van der Waals surface area contributed by atoms with Crippen LogP contribution in [-0.2, 0) is 11.3 Å². The Kier molecular flexibility index (Phi) is 12.6. The molecule has 0 heterocycles. The molecule has 1 aromatic rings. The SMILES string of the molecule is CN=C(NCCOCC(C)C)N(C)Cc1ccc(SC)cc1.I. The third-order valence-electron chi connectivity index (χ3n) is 3.13. The number of thioether (sulfide) groups is 1. The lowest BCUT2D eigenvalue weighted by Crippen LogP contribution is -2.40. The number of hydrogen-bond acceptors (Lipinski definition) is 3. The minimum absolute atomic E-state index is 0. The van der Waals surface area contributed by atoms with Crippen molar-refractivity contribution in [2.45, 2.75) is 25.3 Å². The Morgan fingerprint density at radius 1 is 1.30 bits per heavy atom. The standard InChI is InChI=1S/C17H29N3OS.HI/c1-14(2)13-21-11-10-19-17(18-3)20(4)12-15-6-8-16(22-5)9-7-15;/h6-9,14H,10-13H2,1-5H3,(H,18,19);1H. The highest BCUT2D eigenvalue weighted by atomic mass is 127. The van der Waals surface area contributed by atoms with Gasteiger partial charge in [-0.25, -0.2) is 0 Å². The molecular weight excluding hydrogens is 421 g/mol. The summed E-state index contributed by atoms with van der Waals surface area (Å²) < 4.78 is 5.58. The van der Waals surface area contributed by atoms with E-state index in [4.69, 9.17) is 4.74 Å². The first kappa shape index (κ1) is 22.5. The highest BCUT2D eigenvalue weighted by Crippen LogP contribution is 2.15. The van der Waals surface area contributed by atoms with Gasteiger partial charge in [-0.3, -0.25) is 4.99 Å². The fourth-order valence-corrected chi connectivity index (χ4v) is 2.43. The van der Waals surface area contributed by atoms with Gasteiger partial charge in [0.05, 0.1) is 6.61 Å². The zero-order valence-electron chi connectivity index (χ0n) is 14.8. The van der Waals surface area contributed by atoms with Crippen LogP contribution in [0, 0.1) is 5.92 Å². The molecular formula is C17H30IN3OS. The van der Waals surface area contributed by atoms with Gasteiger partial charge in [-0.05, 0) is 29.9 Å². The smallest absolute Gasteiger partial charge is 0.193 e. The number of aliphatic imine (C=N–C) groups is 1. The number of guanidine groups is 1. The normalized spacial score (nSPS) is 11.3. The number of ether oxygens (including phenoxy) is 1. The second-order valence-electron chi connectivity index (χ2n) is 5.65. The molecule has 0 amide bonds. The molecule has 0 aliphatic carbocycles. The third kappa shape index (κ3) is 9.42. The predicted octanol–water partition coefficient (Wildman–Crippen LogP) is 3.71. The second-order valence-corrected chi connectivity index (χ2v) is 6.53. The zero-order chi connectivity index (χ0) is 16.4. The van der Waals surface area contributed by atoms with Gasteiger partial charge in [0.25, 0.3) is 0 Å². The molecule has 6 heteroatoms.